The van der Waals surface area contributed by atoms with E-state index in [0.717, 1.165) is 25.9 Å². The summed E-state index contributed by atoms with van der Waals surface area (Å²) in [4.78, 5) is 0. The lowest BCUT2D eigenvalue weighted by molar-refractivity contribution is 0.0343. The van der Waals surface area contributed by atoms with E-state index < -0.39 is 8.80 Å². The fourth-order valence-electron chi connectivity index (χ4n) is 1.68. The number of hydrogen-bond donors (Lipinski definition) is 0. The molecule has 0 aliphatic heterocycles. The van der Waals surface area contributed by atoms with Crippen LogP contribution in [0.5, 0.6) is 0 Å². The van der Waals surface area contributed by atoms with Gasteiger partial charge in [-0.15, -0.1) is 0 Å². The molecule has 0 fully saturated rings. The van der Waals surface area contributed by atoms with E-state index in [0.29, 0.717) is 23.7 Å². The highest BCUT2D eigenvalue weighted by Gasteiger charge is 2.42. The van der Waals surface area contributed by atoms with Crippen LogP contribution >= 0.6 is 0 Å². The van der Waals surface area contributed by atoms with Gasteiger partial charge in [-0.25, -0.2) is 0 Å². The summed E-state index contributed by atoms with van der Waals surface area (Å²) in [6.45, 7) is 19.6. The van der Waals surface area contributed by atoms with Crippen LogP contribution in [0.15, 0.2) is 0 Å². The molecule has 20 heavy (non-hydrogen) atoms. The van der Waals surface area contributed by atoms with E-state index in [4.69, 9.17) is 13.3 Å². The lowest BCUT2D eigenvalue weighted by atomic mass is 10.2. The molecule has 0 bridgehead atoms. The molecule has 0 heterocycles. The van der Waals surface area contributed by atoms with Crippen LogP contribution in [0.2, 0.25) is 6.04 Å². The molecule has 4 heteroatoms. The predicted molar refractivity (Wildman–Crippen MR) is 87.8 cm³/mol. The Labute approximate surface area is 127 Å². The van der Waals surface area contributed by atoms with Crippen molar-refractivity contribution in [3.8, 4) is 0 Å². The SMILES string of the molecule is CC(C)CO[Si](CC(C)C)(OCC(C)C)OCC(C)C. The predicted octanol–water partition coefficient (Wildman–Crippen LogP) is 4.60. The van der Waals surface area contributed by atoms with Crippen LogP contribution in [0.3, 0.4) is 0 Å². The van der Waals surface area contributed by atoms with Gasteiger partial charge in [-0.3, -0.25) is 0 Å². The molecule has 122 valence electrons. The molecule has 0 unspecified atom stereocenters. The van der Waals surface area contributed by atoms with Gasteiger partial charge >= 0.3 is 8.80 Å². The van der Waals surface area contributed by atoms with Crippen molar-refractivity contribution in [2.24, 2.45) is 23.7 Å². The monoisotopic (exact) mass is 304 g/mol. The Morgan fingerprint density at radius 1 is 0.550 bits per heavy atom. The average Bonchev–Trinajstić information content (AvgIpc) is 2.30. The Morgan fingerprint density at radius 3 is 1.05 bits per heavy atom. The molecule has 0 aromatic carbocycles. The van der Waals surface area contributed by atoms with Gasteiger partial charge in [0.25, 0.3) is 0 Å². The van der Waals surface area contributed by atoms with Crippen molar-refractivity contribution in [2.75, 3.05) is 19.8 Å². The highest BCUT2D eigenvalue weighted by atomic mass is 28.4. The summed E-state index contributed by atoms with van der Waals surface area (Å²) in [5.41, 5.74) is 0. The first kappa shape index (κ1) is 20.1. The molecule has 0 atom stereocenters. The first-order valence-electron chi connectivity index (χ1n) is 8.08. The van der Waals surface area contributed by atoms with Gasteiger partial charge < -0.3 is 13.3 Å². The Balaban J connectivity index is 4.84. The molecule has 3 nitrogen and oxygen atoms in total. The third kappa shape index (κ3) is 9.92. The molecule has 0 saturated carbocycles. The van der Waals surface area contributed by atoms with Crippen LogP contribution in [0.4, 0.5) is 0 Å². The zero-order valence-electron chi connectivity index (χ0n) is 14.9. The zero-order chi connectivity index (χ0) is 15.8. The molecule has 0 N–H and O–H groups in total. The van der Waals surface area contributed by atoms with Gasteiger partial charge in [0.05, 0.1) is 0 Å². The molecule has 0 aromatic rings. The van der Waals surface area contributed by atoms with Gasteiger partial charge in [-0.2, -0.15) is 0 Å². The first-order chi connectivity index (χ1) is 9.17. The highest BCUT2D eigenvalue weighted by Crippen LogP contribution is 2.24. The maximum Gasteiger partial charge on any atom is 0.501 e. The van der Waals surface area contributed by atoms with Crippen LogP contribution in [0, 0.1) is 23.7 Å². The van der Waals surface area contributed by atoms with Crippen molar-refractivity contribution < 1.29 is 13.3 Å². The van der Waals surface area contributed by atoms with E-state index in [1.54, 1.807) is 0 Å². The summed E-state index contributed by atoms with van der Waals surface area (Å²) in [5, 5.41) is 0. The summed E-state index contributed by atoms with van der Waals surface area (Å²) >= 11 is 0. The van der Waals surface area contributed by atoms with Crippen molar-refractivity contribution in [3.63, 3.8) is 0 Å². The van der Waals surface area contributed by atoms with Crippen LogP contribution in [0.1, 0.15) is 55.4 Å². The molecule has 0 rings (SSSR count). The van der Waals surface area contributed by atoms with Gasteiger partial charge in [0.15, 0.2) is 0 Å². The lowest BCUT2D eigenvalue weighted by Gasteiger charge is -2.33. The number of hydrogen-bond acceptors (Lipinski definition) is 3. The van der Waals surface area contributed by atoms with E-state index >= 15 is 0 Å². The van der Waals surface area contributed by atoms with Crippen molar-refractivity contribution >= 4 is 8.80 Å². The maximum absolute atomic E-state index is 6.20. The van der Waals surface area contributed by atoms with Crippen molar-refractivity contribution in [2.45, 2.75) is 61.4 Å². The molecule has 0 aromatic heterocycles. The molecule has 0 aliphatic carbocycles. The second-order valence-electron chi connectivity index (χ2n) is 7.40. The zero-order valence-corrected chi connectivity index (χ0v) is 15.9. The standard InChI is InChI=1S/C16H36O3Si/c1-13(2)9-17-20(12-16(7)8,18-10-14(3)4)19-11-15(5)6/h13-16H,9-12H2,1-8H3. The quantitative estimate of drug-likeness (QED) is 0.522. The largest absolute Gasteiger partial charge is 0.501 e. The average molecular weight is 305 g/mol. The van der Waals surface area contributed by atoms with Gasteiger partial charge in [-0.1, -0.05) is 55.4 Å². The van der Waals surface area contributed by atoms with Crippen LogP contribution < -0.4 is 0 Å². The van der Waals surface area contributed by atoms with Gasteiger partial charge in [0.2, 0.25) is 0 Å². The van der Waals surface area contributed by atoms with Gasteiger partial charge in [-0.05, 0) is 23.7 Å². The van der Waals surface area contributed by atoms with E-state index in [1.807, 2.05) is 0 Å². The summed E-state index contributed by atoms with van der Waals surface area (Å²) in [7, 11) is -2.55. The van der Waals surface area contributed by atoms with Gasteiger partial charge in [0.1, 0.15) is 0 Å². The maximum atomic E-state index is 6.20. The Morgan fingerprint density at radius 2 is 0.850 bits per heavy atom. The third-order valence-electron chi connectivity index (χ3n) is 2.57. The first-order valence-corrected chi connectivity index (χ1v) is 10.0. The van der Waals surface area contributed by atoms with Crippen LogP contribution in [-0.2, 0) is 13.3 Å². The van der Waals surface area contributed by atoms with Crippen LogP contribution in [-0.4, -0.2) is 28.6 Å². The Bertz CT molecular complexity index is 209. The lowest BCUT2D eigenvalue weighted by Crippen LogP contribution is -2.49. The molecule has 0 radical (unpaired) electrons. The molecule has 0 amide bonds. The molecular weight excluding hydrogens is 268 g/mol. The minimum atomic E-state index is -2.55. The second kappa shape index (κ2) is 9.93. The summed E-state index contributed by atoms with van der Waals surface area (Å²) in [6, 6.07) is 0.902. The molecule has 0 spiro atoms. The summed E-state index contributed by atoms with van der Waals surface area (Å²) in [6.07, 6.45) is 0. The summed E-state index contributed by atoms with van der Waals surface area (Å²) < 4.78 is 18.6. The fraction of sp³-hybridized carbons (Fsp3) is 1.00. The third-order valence-corrected chi connectivity index (χ3v) is 5.70. The smallest absolute Gasteiger partial charge is 0.373 e. The summed E-state index contributed by atoms with van der Waals surface area (Å²) in [5.74, 6) is 2.02. The van der Waals surface area contributed by atoms with Crippen molar-refractivity contribution in [1.29, 1.82) is 0 Å². The minimum absolute atomic E-state index is 0.499. The second-order valence-corrected chi connectivity index (χ2v) is 10.0. The van der Waals surface area contributed by atoms with E-state index in [1.165, 1.54) is 0 Å². The topological polar surface area (TPSA) is 27.7 Å². The normalized spacial score (nSPS) is 13.2. The van der Waals surface area contributed by atoms with Crippen molar-refractivity contribution in [3.05, 3.63) is 0 Å². The minimum Gasteiger partial charge on any atom is -0.373 e. The van der Waals surface area contributed by atoms with E-state index in [9.17, 15) is 0 Å². The van der Waals surface area contributed by atoms with Crippen LogP contribution in [0.25, 0.3) is 0 Å². The van der Waals surface area contributed by atoms with E-state index in [2.05, 4.69) is 55.4 Å². The number of rotatable bonds is 11. The van der Waals surface area contributed by atoms with Crippen molar-refractivity contribution in [1.82, 2.24) is 0 Å². The van der Waals surface area contributed by atoms with Gasteiger partial charge in [0, 0.05) is 25.9 Å². The fourth-order valence-corrected chi connectivity index (χ4v) is 5.05. The Hall–Kier alpha value is 0.0969. The van der Waals surface area contributed by atoms with E-state index in [-0.39, 0.29) is 0 Å². The Kier molecular flexibility index (Phi) is 9.98. The molecular formula is C16H36O3Si. The molecule has 0 aliphatic rings. The molecule has 0 saturated heterocycles. The highest BCUT2D eigenvalue weighted by molar-refractivity contribution is 6.60.